The summed E-state index contributed by atoms with van der Waals surface area (Å²) in [7, 11) is -1.91. The normalized spacial score (nSPS) is 11.3. The summed E-state index contributed by atoms with van der Waals surface area (Å²) in [5.74, 6) is 0.297. The van der Waals surface area contributed by atoms with E-state index in [4.69, 9.17) is 4.42 Å². The fourth-order valence-corrected chi connectivity index (χ4v) is 5.59. The first-order chi connectivity index (χ1) is 12.6. The topological polar surface area (TPSA) is 69.4 Å². The van der Waals surface area contributed by atoms with Gasteiger partial charge >= 0.3 is 5.97 Å². The van der Waals surface area contributed by atoms with E-state index in [1.165, 1.54) is 7.11 Å². The summed E-state index contributed by atoms with van der Waals surface area (Å²) in [4.78, 5) is 16.1. The average Bonchev–Trinajstić information content (AvgIpc) is 3.11. The molecular formula is C20H20NO4P. The van der Waals surface area contributed by atoms with Crippen molar-refractivity contribution in [2.75, 3.05) is 7.11 Å². The van der Waals surface area contributed by atoms with E-state index in [9.17, 15) is 9.36 Å². The second kappa shape index (κ2) is 7.71. The number of hydrogen-bond acceptors (Lipinski definition) is 5. The summed E-state index contributed by atoms with van der Waals surface area (Å²) < 4.78 is 24.8. The number of aromatic nitrogens is 1. The highest BCUT2D eigenvalue weighted by Crippen LogP contribution is 2.43. The molecule has 0 radical (unpaired) electrons. The number of ether oxygens (including phenoxy) is 1. The molecule has 134 valence electrons. The van der Waals surface area contributed by atoms with Gasteiger partial charge in [-0.1, -0.05) is 67.6 Å². The zero-order valence-corrected chi connectivity index (χ0v) is 15.6. The Morgan fingerprint density at radius 3 is 2.04 bits per heavy atom. The molecule has 0 spiro atoms. The number of nitrogens with zero attached hydrogens (tertiary/aromatic N) is 1. The van der Waals surface area contributed by atoms with Gasteiger partial charge in [0, 0.05) is 17.0 Å². The summed E-state index contributed by atoms with van der Waals surface area (Å²) in [6.45, 7) is 1.91. The Bertz CT molecular complexity index is 891. The maximum absolute atomic E-state index is 14.3. The minimum Gasteiger partial charge on any atom is -0.469 e. The molecule has 1 heterocycles. The van der Waals surface area contributed by atoms with Crippen LogP contribution in [0.4, 0.5) is 0 Å². The lowest BCUT2D eigenvalue weighted by Gasteiger charge is -2.18. The molecule has 0 unspecified atom stereocenters. The molecule has 3 aromatic rings. The van der Waals surface area contributed by atoms with Crippen LogP contribution < -0.4 is 16.0 Å². The van der Waals surface area contributed by atoms with E-state index < -0.39 is 13.1 Å². The molecule has 3 rings (SSSR count). The van der Waals surface area contributed by atoms with Crippen LogP contribution in [-0.2, 0) is 26.9 Å². The van der Waals surface area contributed by atoms with Crippen LogP contribution in [-0.4, -0.2) is 18.1 Å². The third-order valence-electron chi connectivity index (χ3n) is 4.10. The smallest absolute Gasteiger partial charge is 0.314 e. The lowest BCUT2D eigenvalue weighted by atomic mass is 10.4. The van der Waals surface area contributed by atoms with E-state index in [2.05, 4.69) is 9.72 Å². The van der Waals surface area contributed by atoms with E-state index in [-0.39, 0.29) is 12.3 Å². The summed E-state index contributed by atoms with van der Waals surface area (Å²) in [5, 5.41) is 1.36. The zero-order chi connectivity index (χ0) is 18.6. The first-order valence-electron chi connectivity index (χ1n) is 8.36. The molecule has 0 saturated heterocycles. The average molecular weight is 369 g/mol. The molecule has 5 nitrogen and oxygen atoms in total. The Labute approximate surface area is 152 Å². The van der Waals surface area contributed by atoms with Gasteiger partial charge in [0.2, 0.25) is 5.89 Å². The summed E-state index contributed by atoms with van der Waals surface area (Å²) in [6, 6.07) is 18.5. The van der Waals surface area contributed by atoms with E-state index >= 15 is 0 Å². The molecule has 26 heavy (non-hydrogen) atoms. The van der Waals surface area contributed by atoms with E-state index in [1.54, 1.807) is 0 Å². The first kappa shape index (κ1) is 18.2. The number of hydrogen-bond donors (Lipinski definition) is 0. The van der Waals surface area contributed by atoms with Crippen LogP contribution in [0, 0.1) is 0 Å². The summed E-state index contributed by atoms with van der Waals surface area (Å²) in [5.41, 5.74) is 0.399. The van der Waals surface area contributed by atoms with Crippen molar-refractivity contribution < 1.29 is 18.5 Å². The predicted octanol–water partition coefficient (Wildman–Crippen LogP) is 2.59. The van der Waals surface area contributed by atoms with Crippen molar-refractivity contribution in [3.8, 4) is 0 Å². The van der Waals surface area contributed by atoms with Crippen LogP contribution in [0.15, 0.2) is 65.1 Å². The maximum Gasteiger partial charge on any atom is 0.314 e. The largest absolute Gasteiger partial charge is 0.469 e. The van der Waals surface area contributed by atoms with Gasteiger partial charge < -0.3 is 13.7 Å². The Morgan fingerprint density at radius 1 is 1.04 bits per heavy atom. The molecule has 0 atom stereocenters. The monoisotopic (exact) mass is 369 g/mol. The fourth-order valence-electron chi connectivity index (χ4n) is 2.81. The minimum atomic E-state index is -3.22. The number of benzene rings is 2. The van der Waals surface area contributed by atoms with E-state index in [0.29, 0.717) is 28.2 Å². The predicted molar refractivity (Wildman–Crippen MR) is 101 cm³/mol. The minimum absolute atomic E-state index is 0.0902. The first-order valence-corrected chi connectivity index (χ1v) is 10.1. The fraction of sp³-hybridized carbons (Fsp3) is 0.200. The number of carbonyl (C=O) groups excluding carboxylic acids is 1. The molecule has 0 bridgehead atoms. The second-order valence-corrected chi connectivity index (χ2v) is 8.42. The quantitative estimate of drug-likeness (QED) is 0.493. The van der Waals surface area contributed by atoms with Gasteiger partial charge in [-0.15, -0.1) is 0 Å². The number of carbonyl (C=O) groups is 1. The van der Waals surface area contributed by atoms with Gasteiger partial charge in [0.1, 0.15) is 12.2 Å². The molecule has 2 aromatic carbocycles. The molecule has 6 heteroatoms. The van der Waals surface area contributed by atoms with E-state index in [0.717, 1.165) is 0 Å². The summed E-state index contributed by atoms with van der Waals surface area (Å²) in [6.07, 6.45) is 0.431. The molecule has 0 aliphatic rings. The molecule has 0 saturated carbocycles. The SMILES string of the molecule is CCc1oc(CC(=O)OC)nc1P(=O)(c1ccccc1)c1ccccc1. The van der Waals surface area contributed by atoms with Crippen LogP contribution in [0.5, 0.6) is 0 Å². The van der Waals surface area contributed by atoms with Gasteiger partial charge in [-0.2, -0.15) is 0 Å². The Kier molecular flexibility index (Phi) is 5.38. The van der Waals surface area contributed by atoms with Crippen LogP contribution in [0.25, 0.3) is 0 Å². The number of rotatable bonds is 6. The Balaban J connectivity index is 2.21. The lowest BCUT2D eigenvalue weighted by molar-refractivity contribution is -0.140. The highest BCUT2D eigenvalue weighted by atomic mass is 31.2. The second-order valence-electron chi connectivity index (χ2n) is 5.74. The lowest BCUT2D eigenvalue weighted by Crippen LogP contribution is -2.28. The van der Waals surface area contributed by atoms with Crippen molar-refractivity contribution in [2.24, 2.45) is 0 Å². The number of methoxy groups -OCH3 is 1. The van der Waals surface area contributed by atoms with Crippen LogP contribution >= 0.6 is 7.14 Å². The van der Waals surface area contributed by atoms with Crippen molar-refractivity contribution in [1.82, 2.24) is 4.98 Å². The van der Waals surface area contributed by atoms with Crippen molar-refractivity contribution in [2.45, 2.75) is 19.8 Å². The van der Waals surface area contributed by atoms with Gasteiger partial charge in [-0.25, -0.2) is 4.98 Å². The van der Waals surface area contributed by atoms with Crippen molar-refractivity contribution in [3.05, 3.63) is 72.3 Å². The molecular weight excluding hydrogens is 349 g/mol. The Morgan fingerprint density at radius 2 is 1.58 bits per heavy atom. The van der Waals surface area contributed by atoms with Gasteiger partial charge in [0.15, 0.2) is 12.6 Å². The maximum atomic E-state index is 14.3. The van der Waals surface area contributed by atoms with Crippen molar-refractivity contribution in [3.63, 3.8) is 0 Å². The van der Waals surface area contributed by atoms with Crippen LogP contribution in [0.2, 0.25) is 0 Å². The number of esters is 1. The molecule has 0 aliphatic heterocycles. The Hall–Kier alpha value is -2.65. The van der Waals surface area contributed by atoms with E-state index in [1.807, 2.05) is 67.6 Å². The molecule has 1 aromatic heterocycles. The van der Waals surface area contributed by atoms with Gasteiger partial charge in [-0.3, -0.25) is 4.79 Å². The van der Waals surface area contributed by atoms with Gasteiger partial charge in [-0.05, 0) is 0 Å². The third-order valence-corrected chi connectivity index (χ3v) is 7.10. The number of aryl methyl sites for hydroxylation is 1. The molecule has 0 amide bonds. The molecule has 0 aliphatic carbocycles. The van der Waals surface area contributed by atoms with Crippen molar-refractivity contribution >= 4 is 29.2 Å². The highest BCUT2D eigenvalue weighted by molar-refractivity contribution is 7.85. The van der Waals surface area contributed by atoms with Gasteiger partial charge in [0.05, 0.1) is 7.11 Å². The van der Waals surface area contributed by atoms with Gasteiger partial charge in [0.25, 0.3) is 0 Å². The van der Waals surface area contributed by atoms with Crippen molar-refractivity contribution in [1.29, 1.82) is 0 Å². The molecule has 0 fully saturated rings. The molecule has 0 N–H and O–H groups in total. The zero-order valence-electron chi connectivity index (χ0n) is 14.7. The van der Waals surface area contributed by atoms with Crippen LogP contribution in [0.1, 0.15) is 18.6 Å². The third kappa shape index (κ3) is 3.35. The standard InChI is InChI=1S/C20H20NO4P/c1-3-17-20(21-18(25-17)14-19(22)24-2)26(23,15-10-6-4-7-11-15)16-12-8-5-9-13-16/h4-13H,3,14H2,1-2H3. The number of oxazole rings is 1. The highest BCUT2D eigenvalue weighted by Gasteiger charge is 2.36. The summed E-state index contributed by atoms with van der Waals surface area (Å²) >= 11 is 0. The van der Waals surface area contributed by atoms with Crippen LogP contribution in [0.3, 0.4) is 0 Å².